The molecule has 6 heteroatoms. The number of carbonyl (C=O) groups is 2. The second-order valence-corrected chi connectivity index (χ2v) is 7.42. The van der Waals surface area contributed by atoms with E-state index in [9.17, 15) is 9.59 Å². The zero-order chi connectivity index (χ0) is 18.4. The van der Waals surface area contributed by atoms with Gasteiger partial charge in [0.15, 0.2) is 0 Å². The van der Waals surface area contributed by atoms with E-state index in [1.54, 1.807) is 7.11 Å². The predicted octanol–water partition coefficient (Wildman–Crippen LogP) is 3.00. The number of hydrogen-bond acceptors (Lipinski definition) is 4. The third-order valence-corrected chi connectivity index (χ3v) is 4.15. The summed E-state index contributed by atoms with van der Waals surface area (Å²) in [5.41, 5.74) is 0.508. The first-order valence-corrected chi connectivity index (χ1v) is 8.67. The lowest BCUT2D eigenvalue weighted by Gasteiger charge is -2.21. The van der Waals surface area contributed by atoms with Gasteiger partial charge in [-0.2, -0.15) is 0 Å². The molecule has 1 aliphatic rings. The molecule has 1 saturated carbocycles. The van der Waals surface area contributed by atoms with Gasteiger partial charge in [-0.25, -0.2) is 4.79 Å². The lowest BCUT2D eigenvalue weighted by Crippen LogP contribution is -2.38. The minimum atomic E-state index is -0.516. The summed E-state index contributed by atoms with van der Waals surface area (Å²) in [6.45, 7) is 5.98. The van der Waals surface area contributed by atoms with Crippen LogP contribution in [0.4, 0.5) is 4.79 Å². The lowest BCUT2D eigenvalue weighted by atomic mass is 10.1. The second-order valence-electron chi connectivity index (χ2n) is 7.42. The molecule has 0 radical (unpaired) electrons. The standard InChI is InChI=1S/C19H28N2O4/c1-19(2,3)25-18(23)21-15-8-7-14(11-15)17(22)20-12-13-5-9-16(24-4)10-6-13/h5-6,9-10,14-15H,7-8,11-12H2,1-4H3,(H,20,22)(H,21,23)/t14-,15+/m1/s1. The summed E-state index contributed by atoms with van der Waals surface area (Å²) in [6.07, 6.45) is 1.79. The summed E-state index contributed by atoms with van der Waals surface area (Å²) in [5, 5.41) is 5.82. The van der Waals surface area contributed by atoms with Crippen LogP contribution in [0.25, 0.3) is 0 Å². The van der Waals surface area contributed by atoms with Crippen molar-refractivity contribution in [3.05, 3.63) is 29.8 Å². The van der Waals surface area contributed by atoms with E-state index < -0.39 is 11.7 Å². The number of methoxy groups -OCH3 is 1. The quantitative estimate of drug-likeness (QED) is 0.857. The Kier molecular flexibility index (Phi) is 6.28. The molecule has 0 heterocycles. The van der Waals surface area contributed by atoms with Gasteiger partial charge in [0.2, 0.25) is 5.91 Å². The maximum absolute atomic E-state index is 12.3. The van der Waals surface area contributed by atoms with Crippen molar-refractivity contribution in [2.24, 2.45) is 5.92 Å². The summed E-state index contributed by atoms with van der Waals surface area (Å²) >= 11 is 0. The van der Waals surface area contributed by atoms with Gasteiger partial charge < -0.3 is 20.1 Å². The molecule has 25 heavy (non-hydrogen) atoms. The molecule has 2 amide bonds. The number of alkyl carbamates (subject to hydrolysis) is 1. The monoisotopic (exact) mass is 348 g/mol. The van der Waals surface area contributed by atoms with Crippen molar-refractivity contribution in [3.8, 4) is 5.75 Å². The fraction of sp³-hybridized carbons (Fsp3) is 0.579. The Morgan fingerprint density at radius 3 is 2.44 bits per heavy atom. The van der Waals surface area contributed by atoms with Crippen molar-refractivity contribution < 1.29 is 19.1 Å². The van der Waals surface area contributed by atoms with Crippen LogP contribution >= 0.6 is 0 Å². The molecule has 1 aromatic rings. The molecule has 2 N–H and O–H groups in total. The van der Waals surface area contributed by atoms with E-state index in [1.807, 2.05) is 45.0 Å². The Labute approximate surface area is 149 Å². The van der Waals surface area contributed by atoms with E-state index in [1.165, 1.54) is 0 Å². The SMILES string of the molecule is COc1ccc(CNC(=O)[C@@H]2CC[C@H](NC(=O)OC(C)(C)C)C2)cc1. The molecule has 0 saturated heterocycles. The van der Waals surface area contributed by atoms with E-state index in [0.29, 0.717) is 13.0 Å². The average Bonchev–Trinajstić information content (AvgIpc) is 2.99. The molecule has 0 bridgehead atoms. The number of amides is 2. The van der Waals surface area contributed by atoms with Crippen LogP contribution < -0.4 is 15.4 Å². The van der Waals surface area contributed by atoms with Gasteiger partial charge in [0.25, 0.3) is 0 Å². The molecule has 1 fully saturated rings. The third-order valence-electron chi connectivity index (χ3n) is 4.15. The van der Waals surface area contributed by atoms with Gasteiger partial charge in [0, 0.05) is 18.5 Å². The van der Waals surface area contributed by atoms with Gasteiger partial charge in [-0.3, -0.25) is 4.79 Å². The van der Waals surface area contributed by atoms with Crippen molar-refractivity contribution in [2.75, 3.05) is 7.11 Å². The van der Waals surface area contributed by atoms with Crippen LogP contribution in [-0.4, -0.2) is 30.8 Å². The Balaban J connectivity index is 1.75. The van der Waals surface area contributed by atoms with Crippen molar-refractivity contribution in [1.82, 2.24) is 10.6 Å². The molecular formula is C19H28N2O4. The molecule has 0 spiro atoms. The highest BCUT2D eigenvalue weighted by Gasteiger charge is 2.31. The Hall–Kier alpha value is -2.24. The topological polar surface area (TPSA) is 76.7 Å². The normalized spacial score (nSPS) is 20.0. The highest BCUT2D eigenvalue weighted by molar-refractivity contribution is 5.79. The fourth-order valence-corrected chi connectivity index (χ4v) is 2.90. The smallest absolute Gasteiger partial charge is 0.407 e. The molecule has 1 aromatic carbocycles. The maximum Gasteiger partial charge on any atom is 0.407 e. The zero-order valence-corrected chi connectivity index (χ0v) is 15.4. The van der Waals surface area contributed by atoms with Gasteiger partial charge >= 0.3 is 6.09 Å². The van der Waals surface area contributed by atoms with Gasteiger partial charge in [-0.05, 0) is 57.7 Å². The Bertz CT molecular complexity index is 592. The fourth-order valence-electron chi connectivity index (χ4n) is 2.90. The van der Waals surface area contributed by atoms with Crippen LogP contribution in [0, 0.1) is 5.92 Å². The average molecular weight is 348 g/mol. The molecule has 6 nitrogen and oxygen atoms in total. The van der Waals surface area contributed by atoms with E-state index in [0.717, 1.165) is 24.2 Å². The van der Waals surface area contributed by atoms with E-state index in [-0.39, 0.29) is 17.9 Å². The molecular weight excluding hydrogens is 320 g/mol. The maximum atomic E-state index is 12.3. The number of ether oxygens (including phenoxy) is 2. The van der Waals surface area contributed by atoms with Crippen LogP contribution in [0.5, 0.6) is 5.75 Å². The first-order chi connectivity index (χ1) is 11.8. The van der Waals surface area contributed by atoms with Crippen LogP contribution in [-0.2, 0) is 16.1 Å². The molecule has 2 atom stereocenters. The minimum Gasteiger partial charge on any atom is -0.497 e. The van der Waals surface area contributed by atoms with E-state index >= 15 is 0 Å². The number of carbonyl (C=O) groups excluding carboxylic acids is 2. The number of hydrogen-bond donors (Lipinski definition) is 2. The molecule has 0 aliphatic heterocycles. The second kappa shape index (κ2) is 8.23. The van der Waals surface area contributed by atoms with Crippen LogP contribution in [0.3, 0.4) is 0 Å². The lowest BCUT2D eigenvalue weighted by molar-refractivity contribution is -0.125. The van der Waals surface area contributed by atoms with Crippen molar-refractivity contribution >= 4 is 12.0 Å². The van der Waals surface area contributed by atoms with Gasteiger partial charge in [-0.15, -0.1) is 0 Å². The predicted molar refractivity (Wildman–Crippen MR) is 95.3 cm³/mol. The first kappa shape index (κ1) is 19.1. The summed E-state index contributed by atoms with van der Waals surface area (Å²) in [4.78, 5) is 24.1. The summed E-state index contributed by atoms with van der Waals surface area (Å²) in [6, 6.07) is 7.60. The van der Waals surface area contributed by atoms with Crippen molar-refractivity contribution in [1.29, 1.82) is 0 Å². The third kappa shape index (κ3) is 6.29. The molecule has 2 rings (SSSR count). The number of benzene rings is 1. The minimum absolute atomic E-state index is 0.00779. The zero-order valence-electron chi connectivity index (χ0n) is 15.4. The number of rotatable bonds is 5. The largest absolute Gasteiger partial charge is 0.497 e. The van der Waals surface area contributed by atoms with Crippen molar-refractivity contribution in [2.45, 2.75) is 58.2 Å². The Morgan fingerprint density at radius 2 is 1.84 bits per heavy atom. The summed E-state index contributed by atoms with van der Waals surface area (Å²) in [5.74, 6) is 0.754. The molecule has 1 aliphatic carbocycles. The highest BCUT2D eigenvalue weighted by Crippen LogP contribution is 2.26. The van der Waals surface area contributed by atoms with Gasteiger partial charge in [0.1, 0.15) is 11.4 Å². The molecule has 0 unspecified atom stereocenters. The Morgan fingerprint density at radius 1 is 1.16 bits per heavy atom. The van der Waals surface area contributed by atoms with Gasteiger partial charge in [-0.1, -0.05) is 12.1 Å². The van der Waals surface area contributed by atoms with Crippen LogP contribution in [0.2, 0.25) is 0 Å². The van der Waals surface area contributed by atoms with E-state index in [4.69, 9.17) is 9.47 Å². The molecule has 0 aromatic heterocycles. The van der Waals surface area contributed by atoms with Crippen LogP contribution in [0.15, 0.2) is 24.3 Å². The first-order valence-electron chi connectivity index (χ1n) is 8.67. The van der Waals surface area contributed by atoms with Crippen molar-refractivity contribution in [3.63, 3.8) is 0 Å². The number of nitrogens with one attached hydrogen (secondary N) is 2. The van der Waals surface area contributed by atoms with Crippen LogP contribution in [0.1, 0.15) is 45.6 Å². The highest BCUT2D eigenvalue weighted by atomic mass is 16.6. The van der Waals surface area contributed by atoms with Gasteiger partial charge in [0.05, 0.1) is 7.11 Å². The summed E-state index contributed by atoms with van der Waals surface area (Å²) in [7, 11) is 1.62. The molecule has 138 valence electrons. The van der Waals surface area contributed by atoms with E-state index in [2.05, 4.69) is 10.6 Å². The summed E-state index contributed by atoms with van der Waals surface area (Å²) < 4.78 is 10.4.